The highest BCUT2D eigenvalue weighted by Crippen LogP contribution is 2.29. The zero-order chi connectivity index (χ0) is 14.1. The van der Waals surface area contributed by atoms with E-state index in [-0.39, 0.29) is 11.9 Å². The molecule has 3 heteroatoms. The van der Waals surface area contributed by atoms with Gasteiger partial charge in [-0.3, -0.25) is 0 Å². The van der Waals surface area contributed by atoms with Crippen LogP contribution in [0.5, 0.6) is 0 Å². The second kappa shape index (κ2) is 5.10. The Hall–Kier alpha value is -2.13. The van der Waals surface area contributed by atoms with Gasteiger partial charge in [-0.15, -0.1) is 0 Å². The van der Waals surface area contributed by atoms with Crippen molar-refractivity contribution in [3.63, 3.8) is 0 Å². The summed E-state index contributed by atoms with van der Waals surface area (Å²) >= 11 is 0. The van der Waals surface area contributed by atoms with Crippen LogP contribution in [0.25, 0.3) is 11.0 Å². The Morgan fingerprint density at radius 3 is 2.65 bits per heavy atom. The van der Waals surface area contributed by atoms with Gasteiger partial charge >= 0.3 is 0 Å². The van der Waals surface area contributed by atoms with E-state index in [0.717, 1.165) is 22.3 Å². The van der Waals surface area contributed by atoms with Crippen LogP contribution in [-0.2, 0) is 0 Å². The Kier molecular flexibility index (Phi) is 3.28. The minimum absolute atomic E-state index is 0.226. The molecule has 1 aromatic heterocycles. The lowest BCUT2D eigenvalue weighted by atomic mass is 10.0. The normalized spacial score (nSPS) is 12.8. The van der Waals surface area contributed by atoms with Crippen LogP contribution < -0.4 is 5.32 Å². The van der Waals surface area contributed by atoms with Crippen molar-refractivity contribution < 1.29 is 8.81 Å². The fraction of sp³-hybridized carbons (Fsp3) is 0.176. The number of fused-ring (bicyclic) bond motifs is 1. The Morgan fingerprint density at radius 1 is 1.10 bits per heavy atom. The molecule has 3 aromatic rings. The summed E-state index contributed by atoms with van der Waals surface area (Å²) in [5.41, 5.74) is 2.44. The molecule has 0 aliphatic rings. The van der Waals surface area contributed by atoms with Crippen LogP contribution >= 0.6 is 0 Å². The lowest BCUT2D eigenvalue weighted by Gasteiger charge is -2.15. The molecule has 1 unspecified atom stereocenters. The van der Waals surface area contributed by atoms with Gasteiger partial charge in [-0.2, -0.15) is 0 Å². The molecule has 0 bridgehead atoms. The van der Waals surface area contributed by atoms with Crippen LogP contribution in [0.2, 0.25) is 0 Å². The first-order valence-corrected chi connectivity index (χ1v) is 6.61. The predicted molar refractivity (Wildman–Crippen MR) is 78.3 cm³/mol. The van der Waals surface area contributed by atoms with Gasteiger partial charge in [0.2, 0.25) is 0 Å². The van der Waals surface area contributed by atoms with E-state index in [4.69, 9.17) is 4.42 Å². The van der Waals surface area contributed by atoms with E-state index in [1.165, 1.54) is 6.07 Å². The number of para-hydroxylation sites is 1. The van der Waals surface area contributed by atoms with Crippen molar-refractivity contribution in [2.24, 2.45) is 0 Å². The fourth-order valence-corrected chi connectivity index (χ4v) is 2.48. The molecule has 0 saturated carbocycles. The molecular weight excluding hydrogens is 253 g/mol. The van der Waals surface area contributed by atoms with E-state index >= 15 is 0 Å². The highest BCUT2D eigenvalue weighted by molar-refractivity contribution is 5.78. The maximum atomic E-state index is 14.1. The van der Waals surface area contributed by atoms with Crippen LogP contribution in [0.4, 0.5) is 4.39 Å². The summed E-state index contributed by atoms with van der Waals surface area (Å²) in [6, 6.07) is 14.6. The molecule has 0 aliphatic heterocycles. The van der Waals surface area contributed by atoms with Gasteiger partial charge < -0.3 is 9.73 Å². The average Bonchev–Trinajstić information content (AvgIpc) is 2.87. The number of nitrogens with one attached hydrogen (secondary N) is 1. The number of halogens is 1. The first kappa shape index (κ1) is 12.9. The summed E-state index contributed by atoms with van der Waals surface area (Å²) in [6.45, 7) is 1.95. The molecule has 0 fully saturated rings. The molecule has 0 amide bonds. The molecule has 2 aromatic carbocycles. The maximum Gasteiger partial charge on any atom is 0.134 e. The first-order chi connectivity index (χ1) is 9.69. The van der Waals surface area contributed by atoms with E-state index in [1.54, 1.807) is 13.1 Å². The van der Waals surface area contributed by atoms with E-state index in [0.29, 0.717) is 5.56 Å². The third kappa shape index (κ3) is 2.21. The maximum absolute atomic E-state index is 14.1. The molecule has 20 heavy (non-hydrogen) atoms. The van der Waals surface area contributed by atoms with Crippen molar-refractivity contribution in [2.75, 3.05) is 7.05 Å². The van der Waals surface area contributed by atoms with E-state index in [9.17, 15) is 4.39 Å². The van der Waals surface area contributed by atoms with Crippen LogP contribution in [-0.4, -0.2) is 7.05 Å². The topological polar surface area (TPSA) is 25.2 Å². The van der Waals surface area contributed by atoms with E-state index < -0.39 is 0 Å². The smallest absolute Gasteiger partial charge is 0.134 e. The Bertz CT molecular complexity index is 715. The molecule has 0 spiro atoms. The van der Waals surface area contributed by atoms with Crippen molar-refractivity contribution in [1.29, 1.82) is 0 Å². The SMILES string of the molecule is CNC(c1cc2ccccc2o1)c1cc(C)ccc1F. The number of hydrogen-bond donors (Lipinski definition) is 1. The summed E-state index contributed by atoms with van der Waals surface area (Å²) in [4.78, 5) is 0. The van der Waals surface area contributed by atoms with Crippen molar-refractivity contribution in [3.05, 3.63) is 71.2 Å². The Morgan fingerprint density at radius 2 is 1.90 bits per heavy atom. The molecule has 0 saturated heterocycles. The number of hydrogen-bond acceptors (Lipinski definition) is 2. The van der Waals surface area contributed by atoms with Crippen molar-refractivity contribution in [1.82, 2.24) is 5.32 Å². The molecule has 102 valence electrons. The summed E-state index contributed by atoms with van der Waals surface area (Å²) in [5.74, 6) is 0.494. The van der Waals surface area contributed by atoms with E-state index in [1.807, 2.05) is 43.3 Å². The monoisotopic (exact) mass is 269 g/mol. The number of furan rings is 1. The van der Waals surface area contributed by atoms with Crippen LogP contribution in [0.3, 0.4) is 0 Å². The lowest BCUT2D eigenvalue weighted by molar-refractivity contribution is 0.476. The van der Waals surface area contributed by atoms with Crippen molar-refractivity contribution in [3.8, 4) is 0 Å². The standard InChI is InChI=1S/C17H16FNO/c1-11-7-8-14(18)13(9-11)17(19-2)16-10-12-5-3-4-6-15(12)20-16/h3-10,17,19H,1-2H3. The van der Waals surface area contributed by atoms with Gasteiger partial charge in [0, 0.05) is 10.9 Å². The number of benzene rings is 2. The first-order valence-electron chi connectivity index (χ1n) is 6.61. The van der Waals surface area contributed by atoms with Crippen molar-refractivity contribution >= 4 is 11.0 Å². The second-order valence-corrected chi connectivity index (χ2v) is 4.93. The third-order valence-corrected chi connectivity index (χ3v) is 3.48. The molecule has 0 radical (unpaired) electrons. The predicted octanol–water partition coefficient (Wildman–Crippen LogP) is 4.19. The summed E-state index contributed by atoms with van der Waals surface area (Å²) in [7, 11) is 1.81. The van der Waals surface area contributed by atoms with Gasteiger partial charge in [-0.25, -0.2) is 4.39 Å². The molecule has 3 rings (SSSR count). The van der Waals surface area contributed by atoms with Gasteiger partial charge in [0.15, 0.2) is 0 Å². The highest BCUT2D eigenvalue weighted by Gasteiger charge is 2.20. The summed E-state index contributed by atoms with van der Waals surface area (Å²) < 4.78 is 19.9. The molecule has 1 N–H and O–H groups in total. The van der Waals surface area contributed by atoms with Gasteiger partial charge in [-0.1, -0.05) is 35.9 Å². The zero-order valence-electron chi connectivity index (χ0n) is 11.5. The van der Waals surface area contributed by atoms with E-state index in [2.05, 4.69) is 5.32 Å². The van der Waals surface area contributed by atoms with Crippen LogP contribution in [0, 0.1) is 12.7 Å². The van der Waals surface area contributed by atoms with Gasteiger partial charge in [0.1, 0.15) is 17.2 Å². The highest BCUT2D eigenvalue weighted by atomic mass is 19.1. The van der Waals surface area contributed by atoms with Gasteiger partial charge in [0.05, 0.1) is 6.04 Å². The fourth-order valence-electron chi connectivity index (χ4n) is 2.48. The summed E-state index contributed by atoms with van der Waals surface area (Å²) in [5, 5.41) is 4.15. The van der Waals surface area contributed by atoms with Crippen LogP contribution in [0.1, 0.15) is 22.9 Å². The largest absolute Gasteiger partial charge is 0.459 e. The molecule has 0 aliphatic carbocycles. The van der Waals surface area contributed by atoms with Crippen molar-refractivity contribution in [2.45, 2.75) is 13.0 Å². The Balaban J connectivity index is 2.11. The molecule has 1 atom stereocenters. The minimum atomic E-state index is -0.290. The molecular formula is C17H16FNO. The number of aryl methyl sites for hydroxylation is 1. The molecule has 1 heterocycles. The average molecular weight is 269 g/mol. The minimum Gasteiger partial charge on any atom is -0.459 e. The van der Waals surface area contributed by atoms with Crippen LogP contribution in [0.15, 0.2) is 52.9 Å². The van der Waals surface area contributed by atoms with Gasteiger partial charge in [0.25, 0.3) is 0 Å². The quantitative estimate of drug-likeness (QED) is 0.771. The zero-order valence-corrected chi connectivity index (χ0v) is 11.5. The number of rotatable bonds is 3. The molecule has 2 nitrogen and oxygen atoms in total. The second-order valence-electron chi connectivity index (χ2n) is 4.93. The summed E-state index contributed by atoms with van der Waals surface area (Å²) in [6.07, 6.45) is 0. The third-order valence-electron chi connectivity index (χ3n) is 3.48. The Labute approximate surface area is 117 Å². The lowest BCUT2D eigenvalue weighted by Crippen LogP contribution is -2.18. The van der Waals surface area contributed by atoms with Gasteiger partial charge in [-0.05, 0) is 32.2 Å².